The number of benzene rings is 1. The smallest absolute Gasteiger partial charge is 0.336 e. The van der Waals surface area contributed by atoms with Gasteiger partial charge in [-0.1, -0.05) is 29.8 Å². The number of hydrogen-bond acceptors (Lipinski definition) is 5. The maximum atomic E-state index is 13.1. The summed E-state index contributed by atoms with van der Waals surface area (Å²) < 4.78 is 5.27. The number of hydrogen-bond donors (Lipinski definition) is 0. The molecule has 0 aliphatic carbocycles. The van der Waals surface area contributed by atoms with Gasteiger partial charge in [-0.05, 0) is 25.5 Å². The second-order valence-electron chi connectivity index (χ2n) is 7.86. The van der Waals surface area contributed by atoms with E-state index in [-0.39, 0.29) is 37.3 Å². The fourth-order valence-corrected chi connectivity index (χ4v) is 4.47. The van der Waals surface area contributed by atoms with E-state index in [1.54, 1.807) is 47.9 Å². The van der Waals surface area contributed by atoms with Crippen LogP contribution in [0.5, 0.6) is 0 Å². The van der Waals surface area contributed by atoms with Crippen LogP contribution in [0.25, 0.3) is 0 Å². The van der Waals surface area contributed by atoms with Crippen LogP contribution >= 0.6 is 11.6 Å². The summed E-state index contributed by atoms with van der Waals surface area (Å²) in [7, 11) is 0. The van der Waals surface area contributed by atoms with Crippen molar-refractivity contribution in [2.75, 3.05) is 39.3 Å². The molecular formula is C23H28ClN3O5. The van der Waals surface area contributed by atoms with Crippen molar-refractivity contribution >= 4 is 35.3 Å². The molecule has 0 saturated carbocycles. The highest BCUT2D eigenvalue weighted by atomic mass is 35.5. The lowest BCUT2D eigenvalue weighted by atomic mass is 9.83. The van der Waals surface area contributed by atoms with Gasteiger partial charge in [0, 0.05) is 56.2 Å². The molecule has 3 amide bonds. The molecule has 0 radical (unpaired) electrons. The molecule has 1 aromatic rings. The standard InChI is InChI=1S/C23H28ClN3O5/c1-4-32-23(31)22-15(2)27(14-21(30)26-11-9-25(10-12-26)16(3)28)20(29)13-18(22)17-7-5-6-8-19(17)24/h5-8,18H,4,9-14H2,1-3H3. The summed E-state index contributed by atoms with van der Waals surface area (Å²) in [5, 5.41) is 0.466. The van der Waals surface area contributed by atoms with Crippen molar-refractivity contribution in [3.8, 4) is 0 Å². The predicted octanol–water partition coefficient (Wildman–Crippen LogP) is 2.18. The van der Waals surface area contributed by atoms with Gasteiger partial charge in [0.05, 0.1) is 12.2 Å². The van der Waals surface area contributed by atoms with Gasteiger partial charge in [0.25, 0.3) is 0 Å². The molecule has 0 aromatic heterocycles. The van der Waals surface area contributed by atoms with Gasteiger partial charge < -0.3 is 19.4 Å². The van der Waals surface area contributed by atoms with Gasteiger partial charge in [0.1, 0.15) is 6.54 Å². The third-order valence-electron chi connectivity index (χ3n) is 5.97. The zero-order valence-corrected chi connectivity index (χ0v) is 19.4. The summed E-state index contributed by atoms with van der Waals surface area (Å²) in [6.07, 6.45) is 0.0145. The molecule has 0 spiro atoms. The SMILES string of the molecule is CCOC(=O)C1=C(C)N(CC(=O)N2CCN(C(C)=O)CC2)C(=O)CC1c1ccccc1Cl. The average Bonchev–Trinajstić information content (AvgIpc) is 2.76. The minimum Gasteiger partial charge on any atom is -0.463 e. The Bertz CT molecular complexity index is 953. The Labute approximate surface area is 192 Å². The summed E-state index contributed by atoms with van der Waals surface area (Å²) in [6.45, 7) is 6.67. The number of halogens is 1. The molecule has 0 bridgehead atoms. The minimum absolute atomic E-state index is 0.0145. The number of piperazine rings is 1. The van der Waals surface area contributed by atoms with Crippen molar-refractivity contribution in [1.29, 1.82) is 0 Å². The number of allylic oxidation sites excluding steroid dienone is 1. The van der Waals surface area contributed by atoms with Crippen LogP contribution in [-0.2, 0) is 23.9 Å². The molecule has 3 rings (SSSR count). The first-order valence-electron chi connectivity index (χ1n) is 10.7. The van der Waals surface area contributed by atoms with E-state index >= 15 is 0 Å². The Kier molecular flexibility index (Phi) is 7.56. The topological polar surface area (TPSA) is 87.2 Å². The van der Waals surface area contributed by atoms with Gasteiger partial charge in [-0.3, -0.25) is 14.4 Å². The maximum absolute atomic E-state index is 13.1. The summed E-state index contributed by atoms with van der Waals surface area (Å²) in [6, 6.07) is 7.10. The quantitative estimate of drug-likeness (QED) is 0.627. The second kappa shape index (κ2) is 10.2. The second-order valence-corrected chi connectivity index (χ2v) is 8.27. The van der Waals surface area contributed by atoms with E-state index in [2.05, 4.69) is 0 Å². The molecule has 2 aliphatic heterocycles. The molecule has 1 aromatic carbocycles. The van der Waals surface area contributed by atoms with Crippen LogP contribution in [0.1, 0.15) is 38.7 Å². The number of carbonyl (C=O) groups excluding carboxylic acids is 4. The van der Waals surface area contributed by atoms with Crippen LogP contribution < -0.4 is 0 Å². The van der Waals surface area contributed by atoms with E-state index in [9.17, 15) is 19.2 Å². The van der Waals surface area contributed by atoms with Crippen molar-refractivity contribution < 1.29 is 23.9 Å². The number of nitrogens with zero attached hydrogens (tertiary/aromatic N) is 3. The largest absolute Gasteiger partial charge is 0.463 e. The van der Waals surface area contributed by atoms with E-state index in [1.165, 1.54) is 11.8 Å². The van der Waals surface area contributed by atoms with Crippen molar-refractivity contribution in [2.45, 2.75) is 33.1 Å². The van der Waals surface area contributed by atoms with Crippen LogP contribution in [0, 0.1) is 0 Å². The first kappa shape index (κ1) is 23.8. The van der Waals surface area contributed by atoms with E-state index < -0.39 is 11.9 Å². The Morgan fingerprint density at radius 2 is 1.72 bits per heavy atom. The van der Waals surface area contributed by atoms with Crippen molar-refractivity contribution in [2.24, 2.45) is 0 Å². The molecule has 32 heavy (non-hydrogen) atoms. The van der Waals surface area contributed by atoms with Crippen molar-refractivity contribution in [3.05, 3.63) is 46.1 Å². The molecular weight excluding hydrogens is 434 g/mol. The first-order valence-corrected chi connectivity index (χ1v) is 11.1. The summed E-state index contributed by atoms with van der Waals surface area (Å²) in [4.78, 5) is 55.0. The predicted molar refractivity (Wildman–Crippen MR) is 119 cm³/mol. The Balaban J connectivity index is 1.86. The molecule has 172 valence electrons. The monoisotopic (exact) mass is 461 g/mol. The molecule has 9 heteroatoms. The highest BCUT2D eigenvalue weighted by Crippen LogP contribution is 2.39. The zero-order chi connectivity index (χ0) is 23.4. The van der Waals surface area contributed by atoms with Gasteiger partial charge in [0.15, 0.2) is 0 Å². The molecule has 1 atom stereocenters. The first-order chi connectivity index (χ1) is 15.2. The summed E-state index contributed by atoms with van der Waals surface area (Å²) >= 11 is 6.37. The molecule has 1 fully saturated rings. The number of ether oxygens (including phenoxy) is 1. The lowest BCUT2D eigenvalue weighted by molar-refractivity contribution is -0.143. The summed E-state index contributed by atoms with van der Waals surface area (Å²) in [5.41, 5.74) is 1.42. The minimum atomic E-state index is -0.541. The number of esters is 1. The van der Waals surface area contributed by atoms with Gasteiger partial charge >= 0.3 is 5.97 Å². The Morgan fingerprint density at radius 3 is 2.31 bits per heavy atom. The van der Waals surface area contributed by atoms with E-state index in [4.69, 9.17) is 16.3 Å². The lowest BCUT2D eigenvalue weighted by Gasteiger charge is -2.37. The third-order valence-corrected chi connectivity index (χ3v) is 6.31. The van der Waals surface area contributed by atoms with Gasteiger partial charge in [-0.25, -0.2) is 4.79 Å². The van der Waals surface area contributed by atoms with Crippen LogP contribution in [0.2, 0.25) is 5.02 Å². The fourth-order valence-electron chi connectivity index (χ4n) is 4.21. The number of carbonyl (C=O) groups is 4. The Morgan fingerprint density at radius 1 is 1.09 bits per heavy atom. The van der Waals surface area contributed by atoms with Gasteiger partial charge in [0.2, 0.25) is 17.7 Å². The van der Waals surface area contributed by atoms with Crippen LogP contribution in [0.4, 0.5) is 0 Å². The van der Waals surface area contributed by atoms with Crippen molar-refractivity contribution in [3.63, 3.8) is 0 Å². The highest BCUT2D eigenvalue weighted by Gasteiger charge is 2.39. The van der Waals surface area contributed by atoms with E-state index in [0.717, 1.165) is 0 Å². The van der Waals surface area contributed by atoms with Crippen LogP contribution in [0.15, 0.2) is 35.5 Å². The van der Waals surface area contributed by atoms with E-state index in [1.807, 2.05) is 0 Å². The molecule has 2 heterocycles. The van der Waals surface area contributed by atoms with Crippen LogP contribution in [-0.4, -0.2) is 77.7 Å². The van der Waals surface area contributed by atoms with Crippen molar-refractivity contribution in [1.82, 2.24) is 14.7 Å². The highest BCUT2D eigenvalue weighted by molar-refractivity contribution is 6.31. The van der Waals surface area contributed by atoms with E-state index in [0.29, 0.717) is 48.0 Å². The fraction of sp³-hybridized carbons (Fsp3) is 0.478. The Hall–Kier alpha value is -2.87. The zero-order valence-electron chi connectivity index (χ0n) is 18.6. The number of amides is 3. The lowest BCUT2D eigenvalue weighted by Crippen LogP contribution is -2.53. The molecule has 1 saturated heterocycles. The molecule has 1 unspecified atom stereocenters. The van der Waals surface area contributed by atoms with Gasteiger partial charge in [-0.2, -0.15) is 0 Å². The normalized spacial score (nSPS) is 19.3. The maximum Gasteiger partial charge on any atom is 0.336 e. The molecule has 8 nitrogen and oxygen atoms in total. The molecule has 0 N–H and O–H groups in total. The average molecular weight is 462 g/mol. The van der Waals surface area contributed by atoms with Gasteiger partial charge in [-0.15, -0.1) is 0 Å². The number of rotatable bonds is 5. The molecule has 2 aliphatic rings. The summed E-state index contributed by atoms with van der Waals surface area (Å²) in [5.74, 6) is -1.56. The van der Waals surface area contributed by atoms with Crippen LogP contribution in [0.3, 0.4) is 0 Å². The third kappa shape index (κ3) is 4.96.